The van der Waals surface area contributed by atoms with E-state index in [1.165, 1.54) is 0 Å². The van der Waals surface area contributed by atoms with Crippen molar-refractivity contribution in [2.75, 3.05) is 5.32 Å². The van der Waals surface area contributed by atoms with Crippen LogP contribution in [0.4, 0.5) is 24.5 Å². The highest BCUT2D eigenvalue weighted by atomic mass is 19.4. The minimum Gasteiger partial charge on any atom is -0.326 e. The van der Waals surface area contributed by atoms with Gasteiger partial charge in [-0.1, -0.05) is 6.07 Å². The lowest BCUT2D eigenvalue weighted by Gasteiger charge is -2.12. The maximum absolute atomic E-state index is 12.7. The van der Waals surface area contributed by atoms with Gasteiger partial charge in [0, 0.05) is 13.0 Å². The van der Waals surface area contributed by atoms with Crippen LogP contribution in [0.2, 0.25) is 0 Å². The van der Waals surface area contributed by atoms with E-state index < -0.39 is 33.9 Å². The Kier molecular flexibility index (Phi) is 3.35. The van der Waals surface area contributed by atoms with Crippen molar-refractivity contribution in [1.82, 2.24) is 0 Å². The molecule has 1 amide bonds. The molecule has 0 bridgehead atoms. The van der Waals surface area contributed by atoms with Crippen LogP contribution in [0.5, 0.6) is 0 Å². The number of carbonyl (C=O) groups is 1. The third kappa shape index (κ3) is 2.92. The molecule has 1 aromatic carbocycles. The van der Waals surface area contributed by atoms with Crippen LogP contribution in [0.3, 0.4) is 0 Å². The summed E-state index contributed by atoms with van der Waals surface area (Å²) in [5.74, 6) is -0.740. The van der Waals surface area contributed by atoms with Gasteiger partial charge in [0.05, 0.1) is 10.6 Å². The Morgan fingerprint density at radius 3 is 2.41 bits per heavy atom. The highest BCUT2D eigenvalue weighted by molar-refractivity contribution is 5.90. The SMILES string of the molecule is CC(=O)Nc1cccc([N+](=O)[O-])c1C(F)(F)F. The summed E-state index contributed by atoms with van der Waals surface area (Å²) in [5, 5.41) is 12.4. The van der Waals surface area contributed by atoms with Crippen LogP contribution in [-0.2, 0) is 11.0 Å². The molecule has 0 atom stereocenters. The molecule has 0 unspecified atom stereocenters. The van der Waals surface area contributed by atoms with Crippen molar-refractivity contribution in [2.45, 2.75) is 13.1 Å². The topological polar surface area (TPSA) is 72.2 Å². The molecule has 5 nitrogen and oxygen atoms in total. The highest BCUT2D eigenvalue weighted by Crippen LogP contribution is 2.40. The first-order chi connectivity index (χ1) is 7.73. The fraction of sp³-hybridized carbons (Fsp3) is 0.222. The van der Waals surface area contributed by atoms with Crippen molar-refractivity contribution in [3.8, 4) is 0 Å². The van der Waals surface area contributed by atoms with Crippen molar-refractivity contribution in [1.29, 1.82) is 0 Å². The summed E-state index contributed by atoms with van der Waals surface area (Å²) in [6, 6.07) is 2.75. The van der Waals surface area contributed by atoms with Crippen molar-refractivity contribution in [2.24, 2.45) is 0 Å². The molecule has 0 aliphatic rings. The third-order valence-electron chi connectivity index (χ3n) is 1.83. The minimum atomic E-state index is -4.92. The molecule has 0 fully saturated rings. The number of hydrogen-bond donors (Lipinski definition) is 1. The second-order valence-corrected chi connectivity index (χ2v) is 3.14. The summed E-state index contributed by atoms with van der Waals surface area (Å²) in [6.07, 6.45) is -4.92. The number of hydrogen-bond acceptors (Lipinski definition) is 3. The third-order valence-corrected chi connectivity index (χ3v) is 1.83. The second kappa shape index (κ2) is 4.40. The van der Waals surface area contributed by atoms with Crippen molar-refractivity contribution >= 4 is 17.3 Å². The zero-order valence-corrected chi connectivity index (χ0v) is 8.54. The Balaban J connectivity index is 3.45. The van der Waals surface area contributed by atoms with Gasteiger partial charge in [0.1, 0.15) is 0 Å². The van der Waals surface area contributed by atoms with Gasteiger partial charge in [0.15, 0.2) is 5.56 Å². The molecule has 0 saturated carbocycles. The summed E-state index contributed by atoms with van der Waals surface area (Å²) in [4.78, 5) is 20.1. The van der Waals surface area contributed by atoms with Gasteiger partial charge in [0.2, 0.25) is 5.91 Å². The molecular formula is C9H7F3N2O3. The maximum Gasteiger partial charge on any atom is 0.425 e. The standard InChI is InChI=1S/C9H7F3N2O3/c1-5(15)13-6-3-2-4-7(14(16)17)8(6)9(10,11)12/h2-4H,1H3,(H,13,15). The van der Waals surface area contributed by atoms with Crippen LogP contribution in [0.1, 0.15) is 12.5 Å². The highest BCUT2D eigenvalue weighted by Gasteiger charge is 2.41. The van der Waals surface area contributed by atoms with Crippen LogP contribution in [0.15, 0.2) is 18.2 Å². The molecule has 0 aliphatic heterocycles. The number of nitrogens with zero attached hydrogens (tertiary/aromatic N) is 1. The number of rotatable bonds is 2. The molecule has 0 aromatic heterocycles. The fourth-order valence-corrected chi connectivity index (χ4v) is 1.28. The number of carbonyl (C=O) groups excluding carboxylic acids is 1. The van der Waals surface area contributed by atoms with E-state index in [0.717, 1.165) is 25.1 Å². The molecule has 92 valence electrons. The van der Waals surface area contributed by atoms with Gasteiger partial charge in [-0.3, -0.25) is 14.9 Å². The Morgan fingerprint density at radius 1 is 1.41 bits per heavy atom. The average Bonchev–Trinajstić information content (AvgIpc) is 2.14. The lowest BCUT2D eigenvalue weighted by Crippen LogP contribution is -2.15. The number of nitro benzene ring substituents is 1. The molecule has 0 heterocycles. The zero-order chi connectivity index (χ0) is 13.2. The largest absolute Gasteiger partial charge is 0.425 e. The van der Waals surface area contributed by atoms with Gasteiger partial charge in [-0.15, -0.1) is 0 Å². The predicted molar refractivity (Wildman–Crippen MR) is 52.4 cm³/mol. The zero-order valence-electron chi connectivity index (χ0n) is 8.54. The molecule has 0 aliphatic carbocycles. The Labute approximate surface area is 93.4 Å². The molecule has 1 N–H and O–H groups in total. The lowest BCUT2D eigenvalue weighted by atomic mass is 10.1. The first kappa shape index (κ1) is 12.9. The number of nitrogens with one attached hydrogen (secondary N) is 1. The van der Waals surface area contributed by atoms with Gasteiger partial charge in [-0.25, -0.2) is 0 Å². The average molecular weight is 248 g/mol. The number of alkyl halides is 3. The number of halogens is 3. The minimum absolute atomic E-state index is 0.626. The monoisotopic (exact) mass is 248 g/mol. The summed E-state index contributed by atoms with van der Waals surface area (Å²) < 4.78 is 38.0. The number of amides is 1. The van der Waals surface area contributed by atoms with E-state index in [9.17, 15) is 28.1 Å². The van der Waals surface area contributed by atoms with Crippen LogP contribution < -0.4 is 5.32 Å². The Bertz CT molecular complexity index is 471. The predicted octanol–water partition coefficient (Wildman–Crippen LogP) is 2.57. The van der Waals surface area contributed by atoms with Crippen LogP contribution in [-0.4, -0.2) is 10.8 Å². The fourth-order valence-electron chi connectivity index (χ4n) is 1.28. The van der Waals surface area contributed by atoms with Crippen molar-refractivity contribution < 1.29 is 22.9 Å². The Hall–Kier alpha value is -2.12. The van der Waals surface area contributed by atoms with E-state index in [4.69, 9.17) is 0 Å². The first-order valence-electron chi connectivity index (χ1n) is 4.35. The second-order valence-electron chi connectivity index (χ2n) is 3.14. The van der Waals surface area contributed by atoms with Crippen LogP contribution >= 0.6 is 0 Å². The van der Waals surface area contributed by atoms with Crippen LogP contribution in [0, 0.1) is 10.1 Å². The summed E-state index contributed by atoms with van der Waals surface area (Å²) in [7, 11) is 0. The quantitative estimate of drug-likeness (QED) is 0.645. The normalized spacial score (nSPS) is 11.1. The van der Waals surface area contributed by atoms with Crippen molar-refractivity contribution in [3.63, 3.8) is 0 Å². The van der Waals surface area contributed by atoms with Gasteiger partial charge < -0.3 is 5.32 Å². The van der Waals surface area contributed by atoms with Gasteiger partial charge in [-0.2, -0.15) is 13.2 Å². The summed E-state index contributed by atoms with van der Waals surface area (Å²) in [6.45, 7) is 1.01. The molecule has 0 radical (unpaired) electrons. The molecule has 8 heteroatoms. The first-order valence-corrected chi connectivity index (χ1v) is 4.35. The van der Waals surface area contributed by atoms with E-state index in [0.29, 0.717) is 0 Å². The molecule has 17 heavy (non-hydrogen) atoms. The number of benzene rings is 1. The van der Waals surface area contributed by atoms with Gasteiger partial charge in [-0.05, 0) is 6.07 Å². The smallest absolute Gasteiger partial charge is 0.326 e. The van der Waals surface area contributed by atoms with E-state index in [2.05, 4.69) is 0 Å². The summed E-state index contributed by atoms with van der Waals surface area (Å²) >= 11 is 0. The number of anilines is 1. The van der Waals surface area contributed by atoms with E-state index in [1.54, 1.807) is 0 Å². The molecule has 0 spiro atoms. The number of nitro groups is 1. The van der Waals surface area contributed by atoms with E-state index >= 15 is 0 Å². The van der Waals surface area contributed by atoms with E-state index in [-0.39, 0.29) is 0 Å². The van der Waals surface area contributed by atoms with Crippen LogP contribution in [0.25, 0.3) is 0 Å². The summed E-state index contributed by atoms with van der Waals surface area (Å²) in [5.41, 5.74) is -3.18. The molecule has 0 saturated heterocycles. The van der Waals surface area contributed by atoms with Crippen molar-refractivity contribution in [3.05, 3.63) is 33.9 Å². The maximum atomic E-state index is 12.7. The van der Waals surface area contributed by atoms with Gasteiger partial charge >= 0.3 is 6.18 Å². The molecule has 1 aromatic rings. The van der Waals surface area contributed by atoms with E-state index in [1.807, 2.05) is 5.32 Å². The molecule has 1 rings (SSSR count). The van der Waals surface area contributed by atoms with Gasteiger partial charge in [0.25, 0.3) is 5.69 Å². The molecular weight excluding hydrogens is 241 g/mol. The lowest BCUT2D eigenvalue weighted by molar-refractivity contribution is -0.387. The Morgan fingerprint density at radius 2 is 2.00 bits per heavy atom.